The number of hydrogen-bond donors (Lipinski definition) is 2. The maximum Gasteiger partial charge on any atom is 0.280 e. The van der Waals surface area contributed by atoms with Gasteiger partial charge in [0.05, 0.1) is 18.1 Å². The first-order chi connectivity index (χ1) is 18.1. The summed E-state index contributed by atoms with van der Waals surface area (Å²) in [5.74, 6) is -0.271. The van der Waals surface area contributed by atoms with Crippen molar-refractivity contribution in [3.05, 3.63) is 88.2 Å². The van der Waals surface area contributed by atoms with E-state index >= 15 is 0 Å². The van der Waals surface area contributed by atoms with Crippen LogP contribution in [0.25, 0.3) is 27.8 Å². The van der Waals surface area contributed by atoms with Crippen molar-refractivity contribution in [1.82, 2.24) is 24.7 Å². The monoisotopic (exact) mass is 511 g/mol. The minimum Gasteiger partial charge on any atom is -0.504 e. The Morgan fingerprint density at radius 1 is 1.03 bits per heavy atom. The molecule has 0 aliphatic heterocycles. The van der Waals surface area contributed by atoms with E-state index in [4.69, 9.17) is 4.74 Å². The molecule has 2 N–H and O–H groups in total. The summed E-state index contributed by atoms with van der Waals surface area (Å²) in [7, 11) is 1.45. The summed E-state index contributed by atoms with van der Waals surface area (Å²) < 4.78 is 8.21. The number of benzene rings is 3. The van der Waals surface area contributed by atoms with Gasteiger partial charge in [0, 0.05) is 11.1 Å². The molecule has 1 unspecified atom stereocenters. The lowest BCUT2D eigenvalue weighted by Crippen LogP contribution is -2.46. The number of carbonyl (C=O) groups is 1. The van der Waals surface area contributed by atoms with Crippen LogP contribution < -0.4 is 15.6 Å². The molecule has 0 fully saturated rings. The van der Waals surface area contributed by atoms with Crippen LogP contribution in [0.3, 0.4) is 0 Å². The maximum absolute atomic E-state index is 14.4. The van der Waals surface area contributed by atoms with E-state index in [-0.39, 0.29) is 17.0 Å². The Balaban J connectivity index is 1.89. The average molecular weight is 512 g/mol. The zero-order chi connectivity index (χ0) is 27.2. The number of carbonyl (C=O) groups excluding carboxylic acids is 1. The largest absolute Gasteiger partial charge is 0.504 e. The summed E-state index contributed by atoms with van der Waals surface area (Å²) in [6.07, 6.45) is 0. The van der Waals surface area contributed by atoms with Crippen LogP contribution >= 0.6 is 0 Å². The number of amides is 1. The fraction of sp³-hybridized carbons (Fsp3) is 0.241. The highest BCUT2D eigenvalue weighted by Crippen LogP contribution is 2.33. The molecule has 9 nitrogen and oxygen atoms in total. The Morgan fingerprint density at radius 3 is 2.42 bits per heavy atom. The first-order valence-electron chi connectivity index (χ1n) is 12.2. The van der Waals surface area contributed by atoms with Gasteiger partial charge in [0.2, 0.25) is 5.91 Å². The fourth-order valence-corrected chi connectivity index (χ4v) is 4.65. The topological polar surface area (TPSA) is 111 Å². The second-order valence-electron chi connectivity index (χ2n) is 10.3. The summed E-state index contributed by atoms with van der Waals surface area (Å²) in [6, 6.07) is 18.6. The van der Waals surface area contributed by atoms with Crippen molar-refractivity contribution in [3.8, 4) is 22.8 Å². The highest BCUT2D eigenvalue weighted by molar-refractivity contribution is 5.90. The molecule has 5 aromatic rings. The highest BCUT2D eigenvalue weighted by Gasteiger charge is 2.31. The van der Waals surface area contributed by atoms with E-state index in [1.165, 1.54) is 22.3 Å². The van der Waals surface area contributed by atoms with Crippen LogP contribution in [0.4, 0.5) is 0 Å². The Hall–Kier alpha value is -4.66. The van der Waals surface area contributed by atoms with Crippen LogP contribution in [0.2, 0.25) is 0 Å². The minimum absolute atomic E-state index is 0.135. The molecule has 9 heteroatoms. The van der Waals surface area contributed by atoms with Crippen molar-refractivity contribution in [3.63, 3.8) is 0 Å². The summed E-state index contributed by atoms with van der Waals surface area (Å²) in [5.41, 5.74) is 2.85. The standard InChI is InChI=1S/C29H29N5O4/c1-17-11-13-20-21(15-17)33(28(37)26-24(31-32-34(20)26)18-9-7-6-8-10-18)25(27(36)30-29(2,3)4)19-12-14-23(38-5)22(35)16-19/h6-16,25,35H,1-5H3,(H,30,36). The molecule has 0 saturated heterocycles. The van der Waals surface area contributed by atoms with Crippen molar-refractivity contribution in [2.75, 3.05) is 7.11 Å². The number of methoxy groups -OCH3 is 1. The molecule has 5 rings (SSSR count). The van der Waals surface area contributed by atoms with Crippen LogP contribution in [0.15, 0.2) is 71.5 Å². The third-order valence-corrected chi connectivity index (χ3v) is 6.28. The summed E-state index contributed by atoms with van der Waals surface area (Å²) in [5, 5.41) is 22.3. The molecule has 194 valence electrons. The number of rotatable bonds is 5. The zero-order valence-corrected chi connectivity index (χ0v) is 21.9. The maximum atomic E-state index is 14.4. The number of aromatic nitrogens is 4. The molecule has 38 heavy (non-hydrogen) atoms. The number of ether oxygens (including phenoxy) is 1. The van der Waals surface area contributed by atoms with Gasteiger partial charge in [0.25, 0.3) is 5.56 Å². The average Bonchev–Trinajstić information content (AvgIpc) is 3.31. The first-order valence-corrected chi connectivity index (χ1v) is 12.2. The zero-order valence-electron chi connectivity index (χ0n) is 21.9. The Morgan fingerprint density at radius 2 is 1.76 bits per heavy atom. The molecule has 0 saturated carbocycles. The Labute approximate surface area is 219 Å². The molecule has 3 aromatic carbocycles. The highest BCUT2D eigenvalue weighted by atomic mass is 16.5. The lowest BCUT2D eigenvalue weighted by molar-refractivity contribution is -0.124. The smallest absolute Gasteiger partial charge is 0.280 e. The van der Waals surface area contributed by atoms with E-state index in [1.54, 1.807) is 12.1 Å². The van der Waals surface area contributed by atoms with E-state index in [2.05, 4.69) is 15.6 Å². The molecule has 2 aromatic heterocycles. The number of aryl methyl sites for hydroxylation is 1. The van der Waals surface area contributed by atoms with Gasteiger partial charge in [-0.1, -0.05) is 47.7 Å². The van der Waals surface area contributed by atoms with Gasteiger partial charge in [-0.05, 0) is 63.1 Å². The number of aromatic hydroxyl groups is 1. The second kappa shape index (κ2) is 9.33. The van der Waals surface area contributed by atoms with Crippen molar-refractivity contribution in [2.45, 2.75) is 39.3 Å². The number of nitrogens with one attached hydrogen (secondary N) is 1. The molecule has 0 aliphatic rings. The molecular weight excluding hydrogens is 482 g/mol. The van der Waals surface area contributed by atoms with Gasteiger partial charge in [-0.3, -0.25) is 14.2 Å². The third kappa shape index (κ3) is 4.36. The quantitative estimate of drug-likeness (QED) is 0.365. The van der Waals surface area contributed by atoms with Crippen LogP contribution in [0.1, 0.15) is 37.9 Å². The van der Waals surface area contributed by atoms with Crippen LogP contribution in [-0.2, 0) is 4.79 Å². The fourth-order valence-electron chi connectivity index (χ4n) is 4.65. The number of phenols is 1. The number of fused-ring (bicyclic) bond motifs is 3. The molecule has 0 spiro atoms. The number of phenolic OH excluding ortho intramolecular Hbond substituents is 1. The normalized spacial score (nSPS) is 12.6. The van der Waals surface area contributed by atoms with E-state index in [0.29, 0.717) is 22.3 Å². The molecule has 0 radical (unpaired) electrons. The van der Waals surface area contributed by atoms with E-state index in [1.807, 2.05) is 76.2 Å². The second-order valence-corrected chi connectivity index (χ2v) is 10.3. The van der Waals surface area contributed by atoms with Gasteiger partial charge < -0.3 is 15.2 Å². The molecule has 2 heterocycles. The Bertz CT molecular complexity index is 1730. The van der Waals surface area contributed by atoms with Crippen molar-refractivity contribution >= 4 is 22.5 Å². The van der Waals surface area contributed by atoms with E-state index < -0.39 is 23.0 Å². The summed E-state index contributed by atoms with van der Waals surface area (Å²) in [6.45, 7) is 7.53. The lowest BCUT2D eigenvalue weighted by atomic mass is 10.0. The SMILES string of the molecule is COc1ccc(C(C(=O)NC(C)(C)C)n2c(=O)c3c(-c4ccccc4)nnn3c3ccc(C)cc32)cc1O. The predicted molar refractivity (Wildman–Crippen MR) is 146 cm³/mol. The first kappa shape index (κ1) is 25.0. The molecular formula is C29H29N5O4. The van der Waals surface area contributed by atoms with Crippen molar-refractivity contribution in [2.24, 2.45) is 0 Å². The van der Waals surface area contributed by atoms with Gasteiger partial charge >= 0.3 is 0 Å². The van der Waals surface area contributed by atoms with Gasteiger partial charge in [0.1, 0.15) is 11.7 Å². The summed E-state index contributed by atoms with van der Waals surface area (Å²) in [4.78, 5) is 28.3. The van der Waals surface area contributed by atoms with Crippen molar-refractivity contribution in [1.29, 1.82) is 0 Å². The number of hydrogen-bond acceptors (Lipinski definition) is 6. The van der Waals surface area contributed by atoms with Gasteiger partial charge in [-0.15, -0.1) is 5.10 Å². The molecule has 1 amide bonds. The molecule has 0 bridgehead atoms. The summed E-state index contributed by atoms with van der Waals surface area (Å²) >= 11 is 0. The van der Waals surface area contributed by atoms with E-state index in [9.17, 15) is 14.7 Å². The molecule has 1 atom stereocenters. The molecule has 0 aliphatic carbocycles. The third-order valence-electron chi connectivity index (χ3n) is 6.28. The van der Waals surface area contributed by atoms with Gasteiger partial charge in [-0.2, -0.15) is 0 Å². The Kier molecular flexibility index (Phi) is 6.14. The van der Waals surface area contributed by atoms with Crippen LogP contribution in [0.5, 0.6) is 11.5 Å². The van der Waals surface area contributed by atoms with Crippen molar-refractivity contribution < 1.29 is 14.6 Å². The predicted octanol–water partition coefficient (Wildman–Crippen LogP) is 4.24. The van der Waals surface area contributed by atoms with Crippen LogP contribution in [0, 0.1) is 6.92 Å². The van der Waals surface area contributed by atoms with Gasteiger partial charge in [0.15, 0.2) is 17.0 Å². The lowest BCUT2D eigenvalue weighted by Gasteiger charge is -2.27. The minimum atomic E-state index is -1.11. The van der Waals surface area contributed by atoms with Crippen LogP contribution in [-0.4, -0.2) is 43.1 Å². The van der Waals surface area contributed by atoms with E-state index in [0.717, 1.165) is 11.1 Å². The number of nitrogens with zero attached hydrogens (tertiary/aromatic N) is 4. The van der Waals surface area contributed by atoms with Gasteiger partial charge in [-0.25, -0.2) is 4.52 Å².